The van der Waals surface area contributed by atoms with Crippen LogP contribution < -0.4 is 28.4 Å². The molecule has 19 rings (SSSR count). The van der Waals surface area contributed by atoms with Crippen molar-refractivity contribution in [3.63, 3.8) is 0 Å². The average molecular weight is 1790 g/mol. The van der Waals surface area contributed by atoms with E-state index in [1.807, 2.05) is 187 Å². The molecule has 1 saturated heterocycles. The van der Waals surface area contributed by atoms with Gasteiger partial charge in [-0.2, -0.15) is 31.6 Å². The van der Waals surface area contributed by atoms with E-state index in [0.29, 0.717) is 63.5 Å². The zero-order valence-corrected chi connectivity index (χ0v) is 73.1. The van der Waals surface area contributed by atoms with Gasteiger partial charge >= 0.3 is 5.97 Å². The molecule has 22 nitrogen and oxygen atoms in total. The van der Waals surface area contributed by atoms with Crippen molar-refractivity contribution in [3.05, 3.63) is 284 Å². The number of esters is 1. The highest BCUT2D eigenvalue weighted by Crippen LogP contribution is 2.41. The quantitative estimate of drug-likeness (QED) is 0.0915. The fraction of sp³-hybridized carbons (Fsp3) is 0.200. The molecule has 0 aliphatic carbocycles. The maximum atomic E-state index is 13.5. The van der Waals surface area contributed by atoms with E-state index in [0.717, 1.165) is 194 Å². The van der Waals surface area contributed by atoms with Gasteiger partial charge in [0.25, 0.3) is 5.91 Å². The average Bonchev–Trinajstić information content (AvgIpc) is 1.60. The zero-order chi connectivity index (χ0) is 88.1. The van der Waals surface area contributed by atoms with Crippen molar-refractivity contribution in [1.29, 1.82) is 31.6 Å². The predicted octanol–water partition coefficient (Wildman–Crippen LogP) is 22.7. The molecule has 6 aromatic heterocycles. The number of nitriles is 6. The number of hydrogen-bond acceptors (Lipinski definition) is 15. The highest BCUT2D eigenvalue weighted by Gasteiger charge is 2.25. The Labute approximate surface area is 738 Å². The molecule has 16 aromatic rings. The minimum atomic E-state index is -0.347. The van der Waals surface area contributed by atoms with E-state index >= 15 is 0 Å². The van der Waals surface area contributed by atoms with Crippen LogP contribution in [0.1, 0.15) is 114 Å². The summed E-state index contributed by atoms with van der Waals surface area (Å²) in [4.78, 5) is 26.4. The summed E-state index contributed by atoms with van der Waals surface area (Å²) in [6, 6.07) is 73.7. The number of amides is 1. The molecule has 0 spiro atoms. The van der Waals surface area contributed by atoms with Gasteiger partial charge in [0.1, 0.15) is 53.7 Å². The minimum absolute atomic E-state index is 0.0883. The van der Waals surface area contributed by atoms with E-state index in [2.05, 4.69) is 119 Å². The van der Waals surface area contributed by atoms with Crippen LogP contribution in [0.3, 0.4) is 0 Å². The Morgan fingerprint density at radius 3 is 1.34 bits per heavy atom. The molecule has 0 N–H and O–H groups in total. The number of aromatic nitrogens is 6. The molecule has 9 heterocycles. The van der Waals surface area contributed by atoms with E-state index in [9.17, 15) is 35.0 Å². The summed E-state index contributed by atoms with van der Waals surface area (Å²) in [5.41, 5.74) is 17.4. The third-order valence-electron chi connectivity index (χ3n) is 21.8. The van der Waals surface area contributed by atoms with Gasteiger partial charge in [-0.1, -0.05) is 75.2 Å². The Morgan fingerprint density at radius 1 is 0.432 bits per heavy atom. The maximum absolute atomic E-state index is 13.5. The third-order valence-corrected chi connectivity index (χ3v) is 22.8. The van der Waals surface area contributed by atoms with E-state index in [1.165, 1.54) is 12.1 Å². The van der Waals surface area contributed by atoms with Gasteiger partial charge in [0.05, 0.1) is 93.2 Å². The normalized spacial score (nSPS) is 11.9. The second kappa shape index (κ2) is 38.8. The maximum Gasteiger partial charge on any atom is 0.338 e. The molecular formula is C100H84Br2FN13O9. The molecule has 3 aliphatic heterocycles. The summed E-state index contributed by atoms with van der Waals surface area (Å²) >= 11 is 6.83. The summed E-state index contributed by atoms with van der Waals surface area (Å²) in [6.45, 7) is 17.9. The molecule has 0 atom stereocenters. The largest absolute Gasteiger partial charge is 0.497 e. The first-order valence-electron chi connectivity index (χ1n) is 40.6. The Balaban J connectivity index is 0.000000124. The van der Waals surface area contributed by atoms with E-state index in [-0.39, 0.29) is 31.3 Å². The third kappa shape index (κ3) is 17.9. The first-order chi connectivity index (χ1) is 60.8. The van der Waals surface area contributed by atoms with Gasteiger partial charge in [-0.05, 0) is 204 Å². The molecule has 0 bridgehead atoms. The topological polar surface area (TPSA) is 274 Å². The number of ether oxygens (including phenoxy) is 7. The van der Waals surface area contributed by atoms with Crippen LogP contribution in [-0.2, 0) is 30.9 Å². The lowest BCUT2D eigenvalue weighted by molar-refractivity contribution is 0.0526. The predicted molar refractivity (Wildman–Crippen MR) is 487 cm³/mol. The van der Waals surface area contributed by atoms with Crippen LogP contribution >= 0.6 is 31.9 Å². The standard InChI is InChI=1S/C23H23N3O2.C21H20N2O3.C17H12N2O2.C16H9FN2O2.C12H11BrN2.C11H9BrN2/c1-3-26-21-14-18(28-2)10-11-19(21)20(15-24)22(26)16-6-8-17(9-7-16)23(27)25-12-4-5-13-25;1-4-23-19-12-16(25-3)10-11-17(19)18(13-22)20(23)14-6-8-15(9-7-14)21(24)26-5-2;1-11-2-4-14-12(8-18)9-19(15(14)6-11)13-3-5-16-17(7-13)21-10-20-16;17-11-1-3-13-10(7-18)8-19(14(13)5-11)12-2-4-15-16(6-12)21-9-20-15;1-2-5-15-8-9(7-14)11-6-10(13)3-4-12(11)15;1-2-14-7-8(6-13)10-5-9(12)3-4-11(10)14/h6-11,14H,3-5,12-13H2,1-2H3;6-12H,4-5H2,1-3H3;2-7,9H,10H2,1H3;1-6,8H,9H2;3-4,6,8H,2,5H2,1H3;3-5,7H,2H2,1H3. The molecular weight excluding hydrogens is 1710 g/mol. The number of carbonyl (C=O) groups excluding carboxylic acids is 2. The SMILES string of the molecule is CCCn1cc(C#N)c2cc(Br)ccc21.CCOC(=O)c1ccc(-c2c(C#N)c3ccc(OC)cc3n2CC)cc1.CCn1c(-c2ccc(C(=O)N3CCCC3)cc2)c(C#N)c2ccc(OC)cc21.CCn1cc(C#N)c2cc(Br)ccc21.Cc1ccc2c(C#N)cn(-c3ccc4c(c3)OCO4)c2c1.N#Cc1cn(-c2ccc3c(c2)OCO3)c2cc(F)ccc12. The first-order valence-corrected chi connectivity index (χ1v) is 42.2. The highest BCUT2D eigenvalue weighted by atomic mass is 79.9. The Bertz CT molecular complexity index is 6930. The number of benzene rings is 10. The Hall–Kier alpha value is -15.0. The number of likely N-dealkylation sites (tertiary alicyclic amines) is 1. The number of halogens is 3. The summed E-state index contributed by atoms with van der Waals surface area (Å²) in [5.74, 6) is 3.73. The smallest absolute Gasteiger partial charge is 0.338 e. The van der Waals surface area contributed by atoms with Gasteiger partial charge in [-0.25, -0.2) is 9.18 Å². The second-order valence-electron chi connectivity index (χ2n) is 29.2. The molecule has 1 amide bonds. The minimum Gasteiger partial charge on any atom is -0.497 e. The van der Waals surface area contributed by atoms with Crippen LogP contribution in [-0.4, -0.2) is 91.7 Å². The van der Waals surface area contributed by atoms with Crippen LogP contribution in [0.2, 0.25) is 0 Å². The Morgan fingerprint density at radius 2 is 0.880 bits per heavy atom. The summed E-state index contributed by atoms with van der Waals surface area (Å²) < 4.78 is 64.9. The lowest BCUT2D eigenvalue weighted by Crippen LogP contribution is -2.27. The number of nitrogens with zero attached hydrogens (tertiary/aromatic N) is 13. The summed E-state index contributed by atoms with van der Waals surface area (Å²) in [6.07, 6.45) is 10.6. The van der Waals surface area contributed by atoms with Crippen molar-refractivity contribution in [2.24, 2.45) is 0 Å². The van der Waals surface area contributed by atoms with Crippen LogP contribution in [0, 0.1) is 80.7 Å². The van der Waals surface area contributed by atoms with Gasteiger partial charge in [-0.15, -0.1) is 0 Å². The van der Waals surface area contributed by atoms with Crippen LogP contribution in [0.25, 0.3) is 99.3 Å². The molecule has 10 aromatic carbocycles. The molecule has 25 heteroatoms. The monoisotopic (exact) mass is 1790 g/mol. The number of carbonyl (C=O) groups is 2. The highest BCUT2D eigenvalue weighted by molar-refractivity contribution is 9.10. The van der Waals surface area contributed by atoms with Crippen molar-refractivity contribution in [2.75, 3.05) is 47.5 Å². The van der Waals surface area contributed by atoms with Crippen molar-refractivity contribution >= 4 is 109 Å². The summed E-state index contributed by atoms with van der Waals surface area (Å²) in [7, 11) is 3.27. The van der Waals surface area contributed by atoms with Crippen LogP contribution in [0.5, 0.6) is 34.5 Å². The van der Waals surface area contributed by atoms with Gasteiger partial charge in [0.15, 0.2) is 23.0 Å². The lowest BCUT2D eigenvalue weighted by atomic mass is 10.0. The molecule has 0 saturated carbocycles. The second-order valence-corrected chi connectivity index (χ2v) is 31.0. The first kappa shape index (κ1) is 86.4. The molecule has 0 unspecified atom stereocenters. The number of fused-ring (bicyclic) bond motifs is 8. The fourth-order valence-electron chi connectivity index (χ4n) is 15.9. The Kier molecular flexibility index (Phi) is 26.8. The molecule has 3 aliphatic rings. The molecule has 125 heavy (non-hydrogen) atoms. The molecule has 1 fully saturated rings. The van der Waals surface area contributed by atoms with Gasteiger partial charge in [0.2, 0.25) is 13.6 Å². The number of aryl methyl sites for hydroxylation is 5. The number of hydrogen-bond donors (Lipinski definition) is 0. The van der Waals surface area contributed by atoms with Crippen molar-refractivity contribution < 1.29 is 47.1 Å². The van der Waals surface area contributed by atoms with Crippen molar-refractivity contribution in [1.82, 2.24) is 32.3 Å². The van der Waals surface area contributed by atoms with E-state index < -0.39 is 0 Å². The number of rotatable bonds is 14. The van der Waals surface area contributed by atoms with Crippen LogP contribution in [0.15, 0.2) is 228 Å². The number of methoxy groups -OCH3 is 2. The van der Waals surface area contributed by atoms with Gasteiger partial charge in [0, 0.05) is 158 Å². The van der Waals surface area contributed by atoms with Crippen LogP contribution in [0.4, 0.5) is 4.39 Å². The molecule has 624 valence electrons. The van der Waals surface area contributed by atoms with E-state index in [1.54, 1.807) is 56.2 Å². The van der Waals surface area contributed by atoms with Gasteiger partial charge in [-0.3, -0.25) is 4.79 Å². The molecule has 0 radical (unpaired) electrons. The summed E-state index contributed by atoms with van der Waals surface area (Å²) in [5, 5.41) is 61.6. The zero-order valence-electron chi connectivity index (χ0n) is 69.9. The van der Waals surface area contributed by atoms with E-state index in [4.69, 9.17) is 43.7 Å². The fourth-order valence-corrected chi connectivity index (χ4v) is 16.6. The van der Waals surface area contributed by atoms with Gasteiger partial charge < -0.3 is 65.5 Å². The van der Waals surface area contributed by atoms with Crippen molar-refractivity contribution in [2.45, 2.75) is 87.0 Å². The lowest BCUT2D eigenvalue weighted by Gasteiger charge is -2.15. The van der Waals surface area contributed by atoms with Crippen molar-refractivity contribution in [3.8, 4) is 105 Å².